The summed E-state index contributed by atoms with van der Waals surface area (Å²) < 4.78 is 0. The van der Waals surface area contributed by atoms with Crippen LogP contribution >= 0.6 is 0 Å². The lowest BCUT2D eigenvalue weighted by Crippen LogP contribution is -2.39. The second-order valence-corrected chi connectivity index (χ2v) is 5.31. The third kappa shape index (κ3) is 2.63. The molecule has 2 N–H and O–H groups in total. The Kier molecular flexibility index (Phi) is 3.84. The smallest absolute Gasteiger partial charge is 0.257 e. The maximum atomic E-state index is 12.3. The van der Waals surface area contributed by atoms with E-state index < -0.39 is 0 Å². The van der Waals surface area contributed by atoms with Gasteiger partial charge in [-0.2, -0.15) is 0 Å². The number of pyridine rings is 1. The fraction of sp³-hybridized carbons (Fsp3) is 0.571. The third-order valence-corrected chi connectivity index (χ3v) is 3.84. The van der Waals surface area contributed by atoms with Gasteiger partial charge in [0.05, 0.1) is 5.56 Å². The molecular weight excluding hydrogens is 226 g/mol. The molecule has 1 amide bonds. The quantitative estimate of drug-likeness (QED) is 0.871. The molecule has 98 valence electrons. The van der Waals surface area contributed by atoms with Gasteiger partial charge in [-0.3, -0.25) is 4.79 Å². The summed E-state index contributed by atoms with van der Waals surface area (Å²) in [4.78, 5) is 18.2. The first-order valence-corrected chi connectivity index (χ1v) is 6.59. The second-order valence-electron chi connectivity index (χ2n) is 5.31. The van der Waals surface area contributed by atoms with E-state index >= 15 is 0 Å². The minimum atomic E-state index is 0.0165. The zero-order valence-corrected chi connectivity index (χ0v) is 11.1. The number of carbonyl (C=O) groups excluding carboxylic acids is 1. The van der Waals surface area contributed by atoms with Gasteiger partial charge in [-0.15, -0.1) is 0 Å². The van der Waals surface area contributed by atoms with Gasteiger partial charge in [0.15, 0.2) is 0 Å². The van der Waals surface area contributed by atoms with Crippen LogP contribution in [-0.2, 0) is 0 Å². The largest absolute Gasteiger partial charge is 0.383 e. The van der Waals surface area contributed by atoms with Crippen LogP contribution in [0, 0.1) is 11.8 Å². The maximum absolute atomic E-state index is 12.3. The summed E-state index contributed by atoms with van der Waals surface area (Å²) >= 11 is 0. The Balaban J connectivity index is 2.02. The summed E-state index contributed by atoms with van der Waals surface area (Å²) in [5, 5.41) is 0. The van der Waals surface area contributed by atoms with Gasteiger partial charge in [0.1, 0.15) is 5.82 Å². The first kappa shape index (κ1) is 12.9. The molecule has 0 aromatic carbocycles. The van der Waals surface area contributed by atoms with Crippen LogP contribution in [0.15, 0.2) is 18.3 Å². The van der Waals surface area contributed by atoms with Crippen molar-refractivity contribution in [3.63, 3.8) is 0 Å². The molecule has 1 aliphatic rings. The molecule has 2 heterocycles. The molecule has 0 bridgehead atoms. The molecule has 4 heteroatoms. The molecule has 2 rings (SSSR count). The van der Waals surface area contributed by atoms with Gasteiger partial charge in [-0.25, -0.2) is 4.98 Å². The van der Waals surface area contributed by atoms with E-state index in [1.54, 1.807) is 18.3 Å². The van der Waals surface area contributed by atoms with Gasteiger partial charge >= 0.3 is 0 Å². The van der Waals surface area contributed by atoms with Crippen molar-refractivity contribution in [3.05, 3.63) is 23.9 Å². The van der Waals surface area contributed by atoms with Gasteiger partial charge < -0.3 is 10.6 Å². The lowest BCUT2D eigenvalue weighted by Gasteiger charge is -2.34. The zero-order chi connectivity index (χ0) is 13.1. The van der Waals surface area contributed by atoms with E-state index in [4.69, 9.17) is 5.73 Å². The lowest BCUT2D eigenvalue weighted by molar-refractivity contribution is 0.0668. The van der Waals surface area contributed by atoms with Crippen molar-refractivity contribution in [3.8, 4) is 0 Å². The van der Waals surface area contributed by atoms with Crippen LogP contribution in [-0.4, -0.2) is 28.9 Å². The first-order valence-electron chi connectivity index (χ1n) is 6.59. The molecule has 0 aliphatic carbocycles. The Labute approximate surface area is 108 Å². The van der Waals surface area contributed by atoms with Crippen molar-refractivity contribution in [2.45, 2.75) is 26.7 Å². The van der Waals surface area contributed by atoms with E-state index in [0.717, 1.165) is 31.8 Å². The summed E-state index contributed by atoms with van der Waals surface area (Å²) in [6, 6.07) is 3.50. The number of hydrogen-bond donors (Lipinski definition) is 1. The average molecular weight is 247 g/mol. The zero-order valence-electron chi connectivity index (χ0n) is 11.1. The van der Waals surface area contributed by atoms with Gasteiger partial charge in [0, 0.05) is 19.3 Å². The Morgan fingerprint density at radius 1 is 1.44 bits per heavy atom. The standard InChI is InChI=1S/C14H21N3O/c1-10(2)11-5-8-17(9-6-11)14(18)12-4-3-7-16-13(12)15/h3-4,7,10-11H,5-6,8-9H2,1-2H3,(H2,15,16). The summed E-state index contributed by atoms with van der Waals surface area (Å²) in [6.07, 6.45) is 3.78. The Morgan fingerprint density at radius 3 is 2.67 bits per heavy atom. The predicted octanol–water partition coefficient (Wildman–Crippen LogP) is 2.17. The number of amides is 1. The molecule has 0 saturated carbocycles. The highest BCUT2D eigenvalue weighted by Crippen LogP contribution is 2.25. The van der Waals surface area contributed by atoms with Gasteiger partial charge in [0.25, 0.3) is 5.91 Å². The van der Waals surface area contributed by atoms with E-state index in [0.29, 0.717) is 17.3 Å². The molecule has 1 aromatic heterocycles. The minimum Gasteiger partial charge on any atom is -0.383 e. The highest BCUT2D eigenvalue weighted by atomic mass is 16.2. The van der Waals surface area contributed by atoms with Crippen LogP contribution in [0.1, 0.15) is 37.0 Å². The van der Waals surface area contributed by atoms with E-state index in [1.807, 2.05) is 4.90 Å². The fourth-order valence-electron chi connectivity index (χ4n) is 2.54. The maximum Gasteiger partial charge on any atom is 0.257 e. The van der Waals surface area contributed by atoms with Crippen LogP contribution in [0.2, 0.25) is 0 Å². The van der Waals surface area contributed by atoms with Crippen LogP contribution in [0.25, 0.3) is 0 Å². The van der Waals surface area contributed by atoms with Crippen LogP contribution in [0.3, 0.4) is 0 Å². The fourth-order valence-corrected chi connectivity index (χ4v) is 2.54. The second kappa shape index (κ2) is 5.38. The molecule has 1 aliphatic heterocycles. The molecule has 1 aromatic rings. The van der Waals surface area contributed by atoms with Crippen molar-refractivity contribution in [2.24, 2.45) is 11.8 Å². The molecule has 4 nitrogen and oxygen atoms in total. The molecule has 0 unspecified atom stereocenters. The van der Waals surface area contributed by atoms with Crippen LogP contribution < -0.4 is 5.73 Å². The normalized spacial score (nSPS) is 17.2. The van der Waals surface area contributed by atoms with E-state index in [2.05, 4.69) is 18.8 Å². The first-order chi connectivity index (χ1) is 8.59. The topological polar surface area (TPSA) is 59.2 Å². The number of rotatable bonds is 2. The van der Waals surface area contributed by atoms with Crippen molar-refractivity contribution < 1.29 is 4.79 Å². The molecule has 0 radical (unpaired) electrons. The summed E-state index contributed by atoms with van der Waals surface area (Å²) in [5.41, 5.74) is 6.27. The molecule has 1 saturated heterocycles. The SMILES string of the molecule is CC(C)C1CCN(C(=O)c2cccnc2N)CC1. The van der Waals surface area contributed by atoms with Crippen molar-refractivity contribution in [2.75, 3.05) is 18.8 Å². The summed E-state index contributed by atoms with van der Waals surface area (Å²) in [6.45, 7) is 6.16. The number of aromatic nitrogens is 1. The summed E-state index contributed by atoms with van der Waals surface area (Å²) in [7, 11) is 0. The lowest BCUT2D eigenvalue weighted by atomic mass is 9.86. The van der Waals surface area contributed by atoms with Gasteiger partial charge in [0.2, 0.25) is 0 Å². The minimum absolute atomic E-state index is 0.0165. The number of piperidine rings is 1. The Morgan fingerprint density at radius 2 is 2.11 bits per heavy atom. The van der Waals surface area contributed by atoms with Gasteiger partial charge in [-0.1, -0.05) is 13.8 Å². The van der Waals surface area contributed by atoms with E-state index in [-0.39, 0.29) is 5.91 Å². The highest BCUT2D eigenvalue weighted by Gasteiger charge is 2.26. The van der Waals surface area contributed by atoms with Gasteiger partial charge in [-0.05, 0) is 36.8 Å². The van der Waals surface area contributed by atoms with E-state index in [9.17, 15) is 4.79 Å². The monoisotopic (exact) mass is 247 g/mol. The molecular formula is C14H21N3O. The number of nitrogen functional groups attached to an aromatic ring is 1. The highest BCUT2D eigenvalue weighted by molar-refractivity contribution is 5.98. The van der Waals surface area contributed by atoms with E-state index in [1.165, 1.54) is 0 Å². The van der Waals surface area contributed by atoms with Crippen molar-refractivity contribution in [1.82, 2.24) is 9.88 Å². The molecule has 18 heavy (non-hydrogen) atoms. The number of hydrogen-bond acceptors (Lipinski definition) is 3. The molecule has 1 fully saturated rings. The Hall–Kier alpha value is -1.58. The Bertz CT molecular complexity index is 423. The molecule has 0 spiro atoms. The number of nitrogens with zero attached hydrogens (tertiary/aromatic N) is 2. The average Bonchev–Trinajstić information content (AvgIpc) is 2.38. The van der Waals surface area contributed by atoms with Crippen LogP contribution in [0.4, 0.5) is 5.82 Å². The number of nitrogens with two attached hydrogens (primary N) is 1. The van der Waals surface area contributed by atoms with Crippen molar-refractivity contribution >= 4 is 11.7 Å². The predicted molar refractivity (Wildman–Crippen MR) is 72.1 cm³/mol. The van der Waals surface area contributed by atoms with Crippen LogP contribution in [0.5, 0.6) is 0 Å². The number of likely N-dealkylation sites (tertiary alicyclic amines) is 1. The third-order valence-electron chi connectivity index (χ3n) is 3.84. The number of anilines is 1. The molecule has 0 atom stereocenters. The number of carbonyl (C=O) groups is 1. The van der Waals surface area contributed by atoms with Crippen molar-refractivity contribution in [1.29, 1.82) is 0 Å². The summed E-state index contributed by atoms with van der Waals surface area (Å²) in [5.74, 6) is 1.78.